The highest BCUT2D eigenvalue weighted by molar-refractivity contribution is 5.98. The minimum atomic E-state index is -1.14. The number of ether oxygens (including phenoxy) is 2. The normalized spacial score (nSPS) is 26.0. The third-order valence-corrected chi connectivity index (χ3v) is 10.6. The van der Waals surface area contributed by atoms with Gasteiger partial charge in [-0.1, -0.05) is 55.8 Å². The molecule has 3 saturated heterocycles. The molecule has 1 aromatic rings. The van der Waals surface area contributed by atoms with Gasteiger partial charge in [-0.2, -0.15) is 0 Å². The van der Waals surface area contributed by atoms with Gasteiger partial charge in [0.1, 0.15) is 17.7 Å². The third kappa shape index (κ3) is 7.39. The summed E-state index contributed by atoms with van der Waals surface area (Å²) in [5.74, 6) is -2.83. The smallest absolute Gasteiger partial charge is 0.313 e. The van der Waals surface area contributed by atoms with Gasteiger partial charge in [0, 0.05) is 39.2 Å². The highest BCUT2D eigenvalue weighted by Gasteiger charge is 2.75. The predicted molar refractivity (Wildman–Crippen MR) is 183 cm³/mol. The fourth-order valence-corrected chi connectivity index (χ4v) is 7.99. The first kappa shape index (κ1) is 37.3. The molecule has 0 radical (unpaired) electrons. The van der Waals surface area contributed by atoms with Crippen molar-refractivity contribution in [2.75, 3.05) is 26.7 Å². The fraction of sp³-hybridized carbons (Fsp3) is 0.632. The fourth-order valence-electron chi connectivity index (χ4n) is 7.99. The molecule has 3 aliphatic rings. The molecule has 0 aromatic heterocycles. The lowest BCUT2D eigenvalue weighted by molar-refractivity contribution is -0.164. The van der Waals surface area contributed by atoms with Crippen molar-refractivity contribution in [3.8, 4) is 0 Å². The Hall–Kier alpha value is -3.50. The molecule has 1 spiro atoms. The third-order valence-electron chi connectivity index (χ3n) is 10.6. The van der Waals surface area contributed by atoms with E-state index in [2.05, 4.69) is 20.1 Å². The summed E-state index contributed by atoms with van der Waals surface area (Å²) < 4.78 is 13.0. The highest BCUT2D eigenvalue weighted by atomic mass is 16.6. The van der Waals surface area contributed by atoms with E-state index in [0.29, 0.717) is 58.0 Å². The van der Waals surface area contributed by atoms with Crippen molar-refractivity contribution in [1.82, 2.24) is 14.7 Å². The lowest BCUT2D eigenvalue weighted by atomic mass is 9.70. The van der Waals surface area contributed by atoms with Crippen LogP contribution in [0.5, 0.6) is 0 Å². The van der Waals surface area contributed by atoms with Crippen LogP contribution in [0.4, 0.5) is 0 Å². The number of benzene rings is 1. The number of aliphatic hydroxyl groups is 1. The number of nitrogens with zero attached hydrogens (tertiary/aromatic N) is 3. The second kappa shape index (κ2) is 16.7. The number of hydrogen-bond donors (Lipinski definition) is 1. The molecule has 3 aliphatic heterocycles. The Kier molecular flexibility index (Phi) is 13.0. The van der Waals surface area contributed by atoms with Crippen LogP contribution in [0.1, 0.15) is 90.2 Å². The first-order valence-electron chi connectivity index (χ1n) is 17.7. The molecule has 10 nitrogen and oxygen atoms in total. The van der Waals surface area contributed by atoms with E-state index in [1.54, 1.807) is 33.9 Å². The number of amides is 3. The van der Waals surface area contributed by atoms with E-state index >= 15 is 0 Å². The van der Waals surface area contributed by atoms with Crippen LogP contribution in [0, 0.1) is 11.8 Å². The van der Waals surface area contributed by atoms with Crippen molar-refractivity contribution in [1.29, 1.82) is 0 Å². The van der Waals surface area contributed by atoms with E-state index in [1.165, 1.54) is 0 Å². The average Bonchev–Trinajstić information content (AvgIpc) is 3.73. The van der Waals surface area contributed by atoms with Gasteiger partial charge in [0.25, 0.3) is 0 Å². The van der Waals surface area contributed by atoms with Crippen molar-refractivity contribution < 1.29 is 33.8 Å². The van der Waals surface area contributed by atoms with E-state index in [1.807, 2.05) is 44.2 Å². The van der Waals surface area contributed by atoms with Gasteiger partial charge in [-0.05, 0) is 64.4 Å². The molecule has 0 aliphatic carbocycles. The maximum Gasteiger partial charge on any atom is 0.313 e. The summed E-state index contributed by atoms with van der Waals surface area (Å²) in [4.78, 5) is 61.4. The van der Waals surface area contributed by atoms with E-state index in [9.17, 15) is 24.3 Å². The monoisotopic (exact) mass is 665 g/mol. The number of allylic oxidation sites excluding steroid dienone is 1. The van der Waals surface area contributed by atoms with Crippen molar-refractivity contribution >= 4 is 23.7 Å². The average molecular weight is 666 g/mol. The van der Waals surface area contributed by atoms with E-state index in [-0.39, 0.29) is 30.4 Å². The van der Waals surface area contributed by atoms with Gasteiger partial charge < -0.3 is 29.3 Å². The molecule has 1 N–H and O–H groups in total. The predicted octanol–water partition coefficient (Wildman–Crippen LogP) is 4.82. The molecular weight excluding hydrogens is 610 g/mol. The standard InChI is InChI=1S/C38H55N3O7/c1-7-10-20-30(43)39(6)27(5)33(28-18-13-11-14-19-28)47-37(46)31-29-21-22-38(48-29)32(31)35(44)41(24-15-12-16-25-42)34(38)36(45)40(23-9-3)26(4)17-8-2/h7,9,11,13-14,18-19,26-27,29,31-34,42H,1,3,8,10,12,15-17,20-25H2,2,4-6H3/t26?,27-,29-,31+,32+,33+,34-,38+/m0/s1. The van der Waals surface area contributed by atoms with Crippen LogP contribution in [0.25, 0.3) is 0 Å². The Labute approximate surface area is 286 Å². The van der Waals surface area contributed by atoms with Crippen LogP contribution in [0.15, 0.2) is 55.6 Å². The summed E-state index contributed by atoms with van der Waals surface area (Å²) in [6.45, 7) is 14.3. The van der Waals surface area contributed by atoms with Crippen LogP contribution in [-0.2, 0) is 28.7 Å². The lowest BCUT2D eigenvalue weighted by Crippen LogP contribution is -2.57. The number of unbranched alkanes of at least 4 members (excludes halogenated alkanes) is 2. The van der Waals surface area contributed by atoms with Gasteiger partial charge in [-0.15, -0.1) is 13.2 Å². The van der Waals surface area contributed by atoms with Gasteiger partial charge in [0.15, 0.2) is 0 Å². The van der Waals surface area contributed by atoms with Gasteiger partial charge in [-0.3, -0.25) is 19.2 Å². The van der Waals surface area contributed by atoms with Crippen LogP contribution in [0.2, 0.25) is 0 Å². The van der Waals surface area contributed by atoms with Crippen LogP contribution < -0.4 is 0 Å². The van der Waals surface area contributed by atoms with Gasteiger partial charge in [0.2, 0.25) is 17.7 Å². The summed E-state index contributed by atoms with van der Waals surface area (Å²) in [6, 6.07) is 7.89. The summed E-state index contributed by atoms with van der Waals surface area (Å²) in [7, 11) is 1.70. The minimum Gasteiger partial charge on any atom is -0.455 e. The SMILES string of the molecule is C=CCCC(=O)N(C)[C@@H](C)[C@@H](OC(=O)[C@@H]1[C@@H]2CC[C@]3(O2)[C@H](C(=O)N(CC=C)C(C)CCC)N(CCCCCO)C(=O)[C@@H]13)c1ccccc1. The molecule has 0 saturated carbocycles. The number of hydrogen-bond acceptors (Lipinski definition) is 7. The molecule has 264 valence electrons. The number of esters is 1. The number of likely N-dealkylation sites (tertiary alicyclic amines) is 1. The summed E-state index contributed by atoms with van der Waals surface area (Å²) >= 11 is 0. The number of aliphatic hydroxyl groups excluding tert-OH is 1. The summed E-state index contributed by atoms with van der Waals surface area (Å²) in [5, 5.41) is 9.35. The van der Waals surface area contributed by atoms with Crippen LogP contribution in [-0.4, -0.2) is 100 Å². The number of fused-ring (bicyclic) bond motifs is 1. The highest BCUT2D eigenvalue weighted by Crippen LogP contribution is 2.59. The zero-order valence-corrected chi connectivity index (χ0v) is 29.2. The van der Waals surface area contributed by atoms with Gasteiger partial charge in [0.05, 0.1) is 24.0 Å². The van der Waals surface area contributed by atoms with Crippen molar-refractivity contribution in [2.24, 2.45) is 11.8 Å². The van der Waals surface area contributed by atoms with Crippen LogP contribution in [0.3, 0.4) is 0 Å². The first-order chi connectivity index (χ1) is 23.1. The second-order valence-electron chi connectivity index (χ2n) is 13.6. The Morgan fingerprint density at radius 1 is 1.15 bits per heavy atom. The number of carbonyl (C=O) groups excluding carboxylic acids is 4. The number of rotatable bonds is 19. The van der Waals surface area contributed by atoms with Gasteiger partial charge in [-0.25, -0.2) is 0 Å². The molecule has 4 rings (SSSR count). The molecule has 1 aromatic carbocycles. The Bertz CT molecular complexity index is 1300. The van der Waals surface area contributed by atoms with Crippen molar-refractivity contribution in [3.63, 3.8) is 0 Å². The van der Waals surface area contributed by atoms with E-state index < -0.39 is 47.7 Å². The molecule has 3 amide bonds. The number of likely N-dealkylation sites (N-methyl/N-ethyl adjacent to an activating group) is 1. The molecule has 3 fully saturated rings. The molecule has 8 atom stereocenters. The molecule has 3 heterocycles. The Morgan fingerprint density at radius 2 is 1.88 bits per heavy atom. The van der Waals surface area contributed by atoms with Crippen LogP contribution >= 0.6 is 0 Å². The maximum absolute atomic E-state index is 14.6. The van der Waals surface area contributed by atoms with E-state index in [4.69, 9.17) is 9.47 Å². The zero-order valence-electron chi connectivity index (χ0n) is 29.2. The van der Waals surface area contributed by atoms with Crippen molar-refractivity contribution in [3.05, 3.63) is 61.2 Å². The molecule has 10 heteroatoms. The van der Waals surface area contributed by atoms with Gasteiger partial charge >= 0.3 is 5.97 Å². The second-order valence-corrected chi connectivity index (χ2v) is 13.6. The number of carbonyl (C=O) groups is 4. The molecule has 1 unspecified atom stereocenters. The zero-order chi connectivity index (χ0) is 35.0. The first-order valence-corrected chi connectivity index (χ1v) is 17.7. The maximum atomic E-state index is 14.6. The lowest BCUT2D eigenvalue weighted by Gasteiger charge is -2.39. The molecule has 2 bridgehead atoms. The topological polar surface area (TPSA) is 117 Å². The molecule has 48 heavy (non-hydrogen) atoms. The van der Waals surface area contributed by atoms with E-state index in [0.717, 1.165) is 18.4 Å². The minimum absolute atomic E-state index is 0.0548. The Balaban J connectivity index is 1.67. The quantitative estimate of drug-likeness (QED) is 0.128. The summed E-state index contributed by atoms with van der Waals surface area (Å²) in [5.41, 5.74) is -0.405. The largest absolute Gasteiger partial charge is 0.455 e. The summed E-state index contributed by atoms with van der Waals surface area (Å²) in [6.07, 6.45) is 7.53. The molecular formula is C38H55N3O7. The Morgan fingerprint density at radius 3 is 2.52 bits per heavy atom. The van der Waals surface area contributed by atoms with Crippen molar-refractivity contribution in [2.45, 2.75) is 114 Å².